The molecule has 1 atom stereocenters. The number of thiophene rings is 1. The molecule has 1 N–H and O–H groups in total. The van der Waals surface area contributed by atoms with Crippen LogP contribution in [0.4, 0.5) is 5.69 Å². The fourth-order valence-corrected chi connectivity index (χ4v) is 5.15. The average Bonchev–Trinajstić information content (AvgIpc) is 3.02. The molecule has 0 spiro atoms. The zero-order valence-electron chi connectivity index (χ0n) is 16.4. The van der Waals surface area contributed by atoms with Gasteiger partial charge in [-0.2, -0.15) is 0 Å². The van der Waals surface area contributed by atoms with Crippen LogP contribution in [0, 0.1) is 5.92 Å². The SMILES string of the molecule is CC(C)c1ccccc1NC(=O)Cn1nnc2sc3c(c2c1=O)CC[C@H](C)C3. The Labute approximate surface area is 167 Å². The molecule has 146 valence electrons. The number of para-hydroxylation sites is 1. The second kappa shape index (κ2) is 7.47. The zero-order valence-corrected chi connectivity index (χ0v) is 17.2. The van der Waals surface area contributed by atoms with Gasteiger partial charge in [0.25, 0.3) is 5.56 Å². The van der Waals surface area contributed by atoms with Crippen molar-refractivity contribution in [1.82, 2.24) is 15.0 Å². The van der Waals surface area contributed by atoms with Crippen molar-refractivity contribution in [2.24, 2.45) is 5.92 Å². The first-order valence-corrected chi connectivity index (χ1v) is 10.5. The van der Waals surface area contributed by atoms with Crippen LogP contribution in [0.1, 0.15) is 49.1 Å². The number of carbonyl (C=O) groups is 1. The highest BCUT2D eigenvalue weighted by atomic mass is 32.1. The molecular formula is C21H24N4O2S. The topological polar surface area (TPSA) is 76.9 Å². The summed E-state index contributed by atoms with van der Waals surface area (Å²) in [6, 6.07) is 7.71. The molecule has 0 aliphatic heterocycles. The molecule has 1 aromatic carbocycles. The van der Waals surface area contributed by atoms with Gasteiger partial charge in [0.15, 0.2) is 4.83 Å². The van der Waals surface area contributed by atoms with Gasteiger partial charge in [0.1, 0.15) is 6.54 Å². The van der Waals surface area contributed by atoms with Crippen molar-refractivity contribution >= 4 is 33.1 Å². The lowest BCUT2D eigenvalue weighted by Gasteiger charge is -2.17. The fourth-order valence-electron chi connectivity index (χ4n) is 3.84. The molecule has 6 nitrogen and oxygen atoms in total. The number of rotatable bonds is 4. The number of nitrogens with one attached hydrogen (secondary N) is 1. The quantitative estimate of drug-likeness (QED) is 0.729. The Morgan fingerprint density at radius 3 is 2.93 bits per heavy atom. The molecule has 1 aliphatic carbocycles. The van der Waals surface area contributed by atoms with E-state index in [0.29, 0.717) is 16.1 Å². The molecule has 2 heterocycles. The molecule has 28 heavy (non-hydrogen) atoms. The molecule has 0 fully saturated rings. The average molecular weight is 397 g/mol. The van der Waals surface area contributed by atoms with Gasteiger partial charge in [0.2, 0.25) is 5.91 Å². The molecule has 1 aliphatic rings. The highest BCUT2D eigenvalue weighted by Crippen LogP contribution is 2.35. The van der Waals surface area contributed by atoms with Crippen molar-refractivity contribution in [3.05, 3.63) is 50.6 Å². The lowest BCUT2D eigenvalue weighted by Crippen LogP contribution is -2.31. The molecule has 0 unspecified atom stereocenters. The number of anilines is 1. The number of aryl methyl sites for hydroxylation is 1. The molecule has 0 radical (unpaired) electrons. The second-order valence-corrected chi connectivity index (χ2v) is 8.96. The van der Waals surface area contributed by atoms with Crippen molar-refractivity contribution in [1.29, 1.82) is 0 Å². The van der Waals surface area contributed by atoms with Crippen molar-refractivity contribution in [2.45, 2.75) is 52.5 Å². The van der Waals surface area contributed by atoms with Gasteiger partial charge in [0, 0.05) is 10.6 Å². The molecular weight excluding hydrogens is 372 g/mol. The van der Waals surface area contributed by atoms with Crippen LogP contribution in [0.3, 0.4) is 0 Å². The van der Waals surface area contributed by atoms with Crippen molar-refractivity contribution in [3.63, 3.8) is 0 Å². The van der Waals surface area contributed by atoms with Gasteiger partial charge in [-0.15, -0.1) is 16.4 Å². The first-order chi connectivity index (χ1) is 13.4. The van der Waals surface area contributed by atoms with Crippen LogP contribution in [0.25, 0.3) is 10.2 Å². The van der Waals surface area contributed by atoms with Crippen molar-refractivity contribution in [2.75, 3.05) is 5.32 Å². The number of amides is 1. The normalized spacial score (nSPS) is 16.4. The predicted molar refractivity (Wildman–Crippen MR) is 112 cm³/mol. The van der Waals surface area contributed by atoms with E-state index in [0.717, 1.165) is 36.1 Å². The van der Waals surface area contributed by atoms with E-state index in [2.05, 4.69) is 36.4 Å². The third-order valence-electron chi connectivity index (χ3n) is 5.34. The third-order valence-corrected chi connectivity index (χ3v) is 6.47. The van der Waals surface area contributed by atoms with Gasteiger partial charge in [-0.25, -0.2) is 4.68 Å². The van der Waals surface area contributed by atoms with Crippen LogP contribution in [0.2, 0.25) is 0 Å². The standard InChI is InChI=1S/C21H24N4O2S/c1-12(2)14-6-4-5-7-16(14)22-18(26)11-25-21(27)19-15-9-8-13(3)10-17(15)28-20(19)23-24-25/h4-7,12-13H,8-11H2,1-3H3,(H,22,26)/t13-/m0/s1. The molecule has 0 saturated carbocycles. The van der Waals surface area contributed by atoms with Crippen LogP contribution in [0.5, 0.6) is 0 Å². The minimum absolute atomic E-state index is 0.144. The summed E-state index contributed by atoms with van der Waals surface area (Å²) in [6.07, 6.45) is 2.96. The summed E-state index contributed by atoms with van der Waals surface area (Å²) in [5.41, 5.74) is 2.72. The van der Waals surface area contributed by atoms with Gasteiger partial charge < -0.3 is 5.32 Å². The summed E-state index contributed by atoms with van der Waals surface area (Å²) < 4.78 is 1.18. The number of benzene rings is 1. The van der Waals surface area contributed by atoms with Crippen molar-refractivity contribution in [3.8, 4) is 0 Å². The maximum atomic E-state index is 13.0. The Bertz CT molecular complexity index is 1100. The molecule has 2 aromatic heterocycles. The maximum Gasteiger partial charge on any atom is 0.279 e. The molecule has 0 saturated heterocycles. The van der Waals surface area contributed by atoms with E-state index in [1.54, 1.807) is 11.3 Å². The lowest BCUT2D eigenvalue weighted by atomic mass is 9.89. The summed E-state index contributed by atoms with van der Waals surface area (Å²) in [5.74, 6) is 0.638. The Kier molecular flexibility index (Phi) is 5.02. The van der Waals surface area contributed by atoms with Gasteiger partial charge in [0.05, 0.1) is 5.39 Å². The van der Waals surface area contributed by atoms with Gasteiger partial charge in [-0.3, -0.25) is 9.59 Å². The monoisotopic (exact) mass is 396 g/mol. The van der Waals surface area contributed by atoms with E-state index >= 15 is 0 Å². The van der Waals surface area contributed by atoms with Crippen LogP contribution < -0.4 is 10.9 Å². The molecule has 1 amide bonds. The van der Waals surface area contributed by atoms with Crippen LogP contribution in [-0.2, 0) is 24.2 Å². The first kappa shape index (κ1) is 18.8. The molecule has 0 bridgehead atoms. The second-order valence-electron chi connectivity index (χ2n) is 7.87. The highest BCUT2D eigenvalue weighted by molar-refractivity contribution is 7.18. The summed E-state index contributed by atoms with van der Waals surface area (Å²) in [6.45, 7) is 6.25. The van der Waals surface area contributed by atoms with Gasteiger partial charge >= 0.3 is 0 Å². The lowest BCUT2D eigenvalue weighted by molar-refractivity contribution is -0.117. The summed E-state index contributed by atoms with van der Waals surface area (Å²) >= 11 is 1.57. The van der Waals surface area contributed by atoms with Gasteiger partial charge in [-0.05, 0) is 48.3 Å². The number of hydrogen-bond donors (Lipinski definition) is 1. The van der Waals surface area contributed by atoms with E-state index in [1.807, 2.05) is 24.3 Å². The highest BCUT2D eigenvalue weighted by Gasteiger charge is 2.24. The Balaban J connectivity index is 1.61. The van der Waals surface area contributed by atoms with Crippen LogP contribution >= 0.6 is 11.3 Å². The number of aromatic nitrogens is 3. The molecule has 4 rings (SSSR count). The smallest absolute Gasteiger partial charge is 0.279 e. The maximum absolute atomic E-state index is 13.0. The zero-order chi connectivity index (χ0) is 19.8. The van der Waals surface area contributed by atoms with E-state index < -0.39 is 0 Å². The van der Waals surface area contributed by atoms with Gasteiger partial charge in [-0.1, -0.05) is 44.2 Å². The summed E-state index contributed by atoms with van der Waals surface area (Å²) in [7, 11) is 0. The Hall–Kier alpha value is -2.54. The molecule has 3 aromatic rings. The third kappa shape index (κ3) is 3.46. The van der Waals surface area contributed by atoms with E-state index in [4.69, 9.17) is 0 Å². The summed E-state index contributed by atoms with van der Waals surface area (Å²) in [4.78, 5) is 27.5. The Morgan fingerprint density at radius 1 is 1.36 bits per heavy atom. The van der Waals surface area contributed by atoms with E-state index in [9.17, 15) is 9.59 Å². The number of hydrogen-bond acceptors (Lipinski definition) is 5. The number of carbonyl (C=O) groups excluding carboxylic acids is 1. The Morgan fingerprint density at radius 2 is 2.14 bits per heavy atom. The van der Waals surface area contributed by atoms with E-state index in [-0.39, 0.29) is 23.9 Å². The largest absolute Gasteiger partial charge is 0.324 e. The minimum atomic E-state index is -0.276. The minimum Gasteiger partial charge on any atom is -0.324 e. The van der Waals surface area contributed by atoms with Crippen LogP contribution in [0.15, 0.2) is 29.1 Å². The number of nitrogens with zero attached hydrogens (tertiary/aromatic N) is 3. The number of fused-ring (bicyclic) bond motifs is 3. The molecule has 7 heteroatoms. The van der Waals surface area contributed by atoms with Crippen LogP contribution in [-0.4, -0.2) is 20.9 Å². The first-order valence-electron chi connectivity index (χ1n) is 9.71. The van der Waals surface area contributed by atoms with Crippen molar-refractivity contribution < 1.29 is 4.79 Å². The predicted octanol–water partition coefficient (Wildman–Crippen LogP) is 3.74. The van der Waals surface area contributed by atoms with E-state index in [1.165, 1.54) is 9.56 Å². The fraction of sp³-hybridized carbons (Fsp3) is 0.429. The summed E-state index contributed by atoms with van der Waals surface area (Å²) in [5, 5.41) is 11.8.